The van der Waals surface area contributed by atoms with Crippen LogP contribution in [0.1, 0.15) is 17.0 Å². The first-order valence-electron chi connectivity index (χ1n) is 8.70. The van der Waals surface area contributed by atoms with E-state index in [1.807, 2.05) is 46.5 Å². The summed E-state index contributed by atoms with van der Waals surface area (Å²) in [4.78, 5) is 16.8. The first-order valence-corrected chi connectivity index (χ1v) is 8.70. The Morgan fingerprint density at radius 3 is 2.63 bits per heavy atom. The third kappa shape index (κ3) is 2.71. The largest absolute Gasteiger partial charge is 0.389 e. The van der Waals surface area contributed by atoms with Crippen LogP contribution in [0, 0.1) is 25.2 Å². The predicted octanol–water partition coefficient (Wildman–Crippen LogP) is 2.00. The van der Waals surface area contributed by atoms with Crippen molar-refractivity contribution in [3.8, 4) is 6.07 Å². The topological polar surface area (TPSA) is 88.2 Å². The minimum absolute atomic E-state index is 0.184. The SMILES string of the molecule is Cc1cc(=O)n2c3ccccc3n(C[C@H](O)Cn3ccnc3C)c2c1C#N. The molecule has 0 amide bonds. The molecule has 4 rings (SSSR count). The van der Waals surface area contributed by atoms with Crippen LogP contribution in [-0.4, -0.2) is 29.7 Å². The van der Waals surface area contributed by atoms with Crippen LogP contribution in [0.25, 0.3) is 16.7 Å². The van der Waals surface area contributed by atoms with Crippen molar-refractivity contribution in [3.63, 3.8) is 0 Å². The van der Waals surface area contributed by atoms with Crippen LogP contribution in [0.4, 0.5) is 0 Å². The van der Waals surface area contributed by atoms with Gasteiger partial charge in [0.1, 0.15) is 17.5 Å². The fraction of sp³-hybridized carbons (Fsp3) is 0.250. The van der Waals surface area contributed by atoms with E-state index in [4.69, 9.17) is 0 Å². The molecule has 0 saturated heterocycles. The summed E-state index contributed by atoms with van der Waals surface area (Å²) in [7, 11) is 0. The number of pyridine rings is 1. The van der Waals surface area contributed by atoms with E-state index in [0.717, 1.165) is 16.9 Å². The number of aromatic nitrogens is 4. The molecule has 1 aromatic carbocycles. The Morgan fingerprint density at radius 1 is 1.22 bits per heavy atom. The molecule has 0 fully saturated rings. The van der Waals surface area contributed by atoms with Crippen molar-refractivity contribution < 1.29 is 5.11 Å². The number of benzene rings is 1. The smallest absolute Gasteiger partial charge is 0.257 e. The third-order valence-electron chi connectivity index (χ3n) is 4.90. The second kappa shape index (κ2) is 6.41. The first kappa shape index (κ1) is 17.1. The lowest BCUT2D eigenvalue weighted by Gasteiger charge is -2.15. The normalized spacial score (nSPS) is 12.5. The number of aliphatic hydroxyl groups excluding tert-OH is 1. The Kier molecular flexibility index (Phi) is 4.05. The van der Waals surface area contributed by atoms with E-state index in [9.17, 15) is 15.2 Å². The summed E-state index contributed by atoms with van der Waals surface area (Å²) in [5.74, 6) is 0.820. The molecular weight excluding hydrogens is 342 g/mol. The molecule has 7 nitrogen and oxygen atoms in total. The van der Waals surface area contributed by atoms with E-state index in [-0.39, 0.29) is 12.1 Å². The second-order valence-electron chi connectivity index (χ2n) is 6.69. The molecular formula is C20H19N5O2. The van der Waals surface area contributed by atoms with Crippen LogP contribution < -0.4 is 5.56 Å². The van der Waals surface area contributed by atoms with Crippen LogP contribution in [0.3, 0.4) is 0 Å². The molecule has 0 radical (unpaired) electrons. The molecule has 4 aromatic rings. The molecule has 0 aliphatic carbocycles. The van der Waals surface area contributed by atoms with Crippen LogP contribution in [-0.2, 0) is 13.1 Å². The van der Waals surface area contributed by atoms with Gasteiger partial charge in [0.05, 0.1) is 35.8 Å². The molecule has 0 spiro atoms. The second-order valence-corrected chi connectivity index (χ2v) is 6.69. The summed E-state index contributed by atoms with van der Waals surface area (Å²) in [6, 6.07) is 11.2. The van der Waals surface area contributed by atoms with Gasteiger partial charge in [0.2, 0.25) is 0 Å². The molecule has 1 atom stereocenters. The van der Waals surface area contributed by atoms with Gasteiger partial charge in [-0.25, -0.2) is 4.98 Å². The predicted molar refractivity (Wildman–Crippen MR) is 102 cm³/mol. The quantitative estimate of drug-likeness (QED) is 0.602. The van der Waals surface area contributed by atoms with E-state index in [0.29, 0.717) is 23.3 Å². The standard InChI is InChI=1S/C20H19N5O2/c1-13-9-19(27)25-18-6-4-3-5-17(18)24(20(25)16(13)10-21)12-15(26)11-23-8-7-22-14(23)2/h3-9,15,26H,11-12H2,1-2H3/t15-/m1/s1. The highest BCUT2D eigenvalue weighted by atomic mass is 16.3. The summed E-state index contributed by atoms with van der Waals surface area (Å²) < 4.78 is 5.29. The number of fused-ring (bicyclic) bond motifs is 3. The molecule has 0 saturated carbocycles. The van der Waals surface area contributed by atoms with Crippen molar-refractivity contribution in [3.05, 3.63) is 70.0 Å². The fourth-order valence-electron chi connectivity index (χ4n) is 3.61. The molecule has 0 aliphatic rings. The summed E-state index contributed by atoms with van der Waals surface area (Å²) in [6.07, 6.45) is 2.80. The summed E-state index contributed by atoms with van der Waals surface area (Å²) in [5, 5.41) is 20.4. The number of aryl methyl sites for hydroxylation is 2. The van der Waals surface area contributed by atoms with Gasteiger partial charge in [-0.3, -0.25) is 9.20 Å². The Morgan fingerprint density at radius 2 is 1.96 bits per heavy atom. The van der Waals surface area contributed by atoms with E-state index in [1.54, 1.807) is 17.5 Å². The number of rotatable bonds is 4. The van der Waals surface area contributed by atoms with Gasteiger partial charge in [-0.05, 0) is 31.5 Å². The van der Waals surface area contributed by atoms with Crippen molar-refractivity contribution in [2.45, 2.75) is 33.0 Å². The zero-order valence-corrected chi connectivity index (χ0v) is 15.1. The summed E-state index contributed by atoms with van der Waals surface area (Å²) >= 11 is 0. The van der Waals surface area contributed by atoms with Crippen molar-refractivity contribution in [2.75, 3.05) is 0 Å². The lowest BCUT2D eigenvalue weighted by atomic mass is 10.1. The van der Waals surface area contributed by atoms with E-state index in [2.05, 4.69) is 11.1 Å². The summed E-state index contributed by atoms with van der Waals surface area (Å²) in [5.41, 5.74) is 2.93. The number of aliphatic hydroxyl groups is 1. The minimum atomic E-state index is -0.709. The van der Waals surface area contributed by atoms with E-state index >= 15 is 0 Å². The molecule has 3 heterocycles. The average molecular weight is 361 g/mol. The van der Waals surface area contributed by atoms with Gasteiger partial charge >= 0.3 is 0 Å². The van der Waals surface area contributed by atoms with Gasteiger partial charge in [-0.1, -0.05) is 12.1 Å². The maximum atomic E-state index is 12.6. The molecule has 0 bridgehead atoms. The van der Waals surface area contributed by atoms with Gasteiger partial charge < -0.3 is 14.2 Å². The average Bonchev–Trinajstić information content (AvgIpc) is 3.18. The van der Waals surface area contributed by atoms with Crippen molar-refractivity contribution in [1.82, 2.24) is 18.5 Å². The van der Waals surface area contributed by atoms with Crippen LogP contribution in [0.15, 0.2) is 47.5 Å². The van der Waals surface area contributed by atoms with Crippen LogP contribution in [0.5, 0.6) is 0 Å². The molecule has 0 unspecified atom stereocenters. The Bertz CT molecular complexity index is 1260. The van der Waals surface area contributed by atoms with E-state index < -0.39 is 6.10 Å². The maximum absolute atomic E-state index is 12.6. The maximum Gasteiger partial charge on any atom is 0.257 e. The molecule has 0 aliphatic heterocycles. The first-order chi connectivity index (χ1) is 13.0. The monoisotopic (exact) mass is 361 g/mol. The molecule has 3 aromatic heterocycles. The number of para-hydroxylation sites is 2. The lowest BCUT2D eigenvalue weighted by molar-refractivity contribution is 0.136. The molecule has 1 N–H and O–H groups in total. The zero-order valence-electron chi connectivity index (χ0n) is 15.1. The number of hydrogen-bond acceptors (Lipinski definition) is 4. The molecule has 7 heteroatoms. The van der Waals surface area contributed by atoms with Gasteiger partial charge in [0, 0.05) is 18.5 Å². The zero-order chi connectivity index (χ0) is 19.1. The minimum Gasteiger partial charge on any atom is -0.389 e. The number of nitriles is 1. The highest BCUT2D eigenvalue weighted by Gasteiger charge is 2.19. The van der Waals surface area contributed by atoms with E-state index in [1.165, 1.54) is 6.07 Å². The Hall–Kier alpha value is -3.37. The Balaban J connectivity index is 1.92. The lowest BCUT2D eigenvalue weighted by Crippen LogP contribution is -2.23. The highest BCUT2D eigenvalue weighted by molar-refractivity contribution is 5.84. The molecule has 136 valence electrons. The van der Waals surface area contributed by atoms with Gasteiger partial charge in [-0.2, -0.15) is 5.26 Å². The number of imidazole rings is 2. The van der Waals surface area contributed by atoms with Crippen LogP contribution >= 0.6 is 0 Å². The van der Waals surface area contributed by atoms with Crippen molar-refractivity contribution in [2.24, 2.45) is 0 Å². The fourth-order valence-corrected chi connectivity index (χ4v) is 3.61. The highest BCUT2D eigenvalue weighted by Crippen LogP contribution is 2.24. The number of hydrogen-bond donors (Lipinski definition) is 1. The Labute approximate surface area is 155 Å². The summed E-state index contributed by atoms with van der Waals surface area (Å²) in [6.45, 7) is 4.27. The van der Waals surface area contributed by atoms with Crippen LogP contribution in [0.2, 0.25) is 0 Å². The van der Waals surface area contributed by atoms with Crippen molar-refractivity contribution >= 4 is 16.7 Å². The van der Waals surface area contributed by atoms with Gasteiger partial charge in [0.25, 0.3) is 5.56 Å². The van der Waals surface area contributed by atoms with Gasteiger partial charge in [0.15, 0.2) is 0 Å². The van der Waals surface area contributed by atoms with Crippen molar-refractivity contribution in [1.29, 1.82) is 5.26 Å². The molecule has 27 heavy (non-hydrogen) atoms. The van der Waals surface area contributed by atoms with Gasteiger partial charge in [-0.15, -0.1) is 0 Å². The third-order valence-corrected chi connectivity index (χ3v) is 4.90. The number of nitrogens with zero attached hydrogens (tertiary/aromatic N) is 5.